The second-order valence-electron chi connectivity index (χ2n) is 8.85. The quantitative estimate of drug-likeness (QED) is 0.475. The maximum Gasteiger partial charge on any atom is 0.270 e. The third-order valence-corrected chi connectivity index (χ3v) is 6.61. The summed E-state index contributed by atoms with van der Waals surface area (Å²) in [7, 11) is 0. The van der Waals surface area contributed by atoms with Crippen LogP contribution in [0.2, 0.25) is 0 Å². The topological polar surface area (TPSA) is 106 Å². The predicted octanol–water partition coefficient (Wildman–Crippen LogP) is 2.63. The van der Waals surface area contributed by atoms with Crippen molar-refractivity contribution in [2.75, 3.05) is 12.3 Å². The normalized spacial score (nSPS) is 25.4. The lowest BCUT2D eigenvalue weighted by molar-refractivity contribution is -0.0171. The number of aromatic nitrogens is 2. The number of anilines is 1. The van der Waals surface area contributed by atoms with Gasteiger partial charge in [-0.3, -0.25) is 0 Å². The minimum absolute atomic E-state index is 0.122. The molecule has 4 unspecified atom stereocenters. The molecule has 10 heteroatoms. The van der Waals surface area contributed by atoms with E-state index in [4.69, 9.17) is 10.5 Å². The Kier molecular flexibility index (Phi) is 5.26. The second kappa shape index (κ2) is 7.89. The molecule has 33 heavy (non-hydrogen) atoms. The number of ether oxygens (including phenoxy) is 1. The molecule has 0 bridgehead atoms. The van der Waals surface area contributed by atoms with Crippen LogP contribution in [0.15, 0.2) is 30.6 Å². The van der Waals surface area contributed by atoms with E-state index in [1.165, 1.54) is 35.2 Å². The molecule has 2 aromatic heterocycles. The van der Waals surface area contributed by atoms with Crippen molar-refractivity contribution in [3.8, 4) is 5.75 Å². The average molecular weight is 462 g/mol. The van der Waals surface area contributed by atoms with Gasteiger partial charge in [-0.2, -0.15) is 0 Å². The maximum absolute atomic E-state index is 14.5. The van der Waals surface area contributed by atoms with Gasteiger partial charge in [0.2, 0.25) is 0 Å². The van der Waals surface area contributed by atoms with Crippen molar-refractivity contribution >= 4 is 16.7 Å². The second-order valence-corrected chi connectivity index (χ2v) is 8.85. The molecule has 1 aromatic carbocycles. The first-order chi connectivity index (χ1) is 15.6. The molecule has 3 aromatic rings. The predicted molar refractivity (Wildman–Crippen MR) is 116 cm³/mol. The molecule has 3 heterocycles. The smallest absolute Gasteiger partial charge is 0.270 e. The molecule has 0 radical (unpaired) electrons. The van der Waals surface area contributed by atoms with E-state index in [0.29, 0.717) is 19.5 Å². The van der Waals surface area contributed by atoms with Gasteiger partial charge in [-0.05, 0) is 36.7 Å². The Balaban J connectivity index is 1.49. The zero-order valence-electron chi connectivity index (χ0n) is 17.9. The van der Waals surface area contributed by atoms with Gasteiger partial charge in [0.25, 0.3) is 5.92 Å². The Hall–Kier alpha value is -2.82. The highest BCUT2D eigenvalue weighted by Gasteiger charge is 2.45. The number of aliphatic hydroxyl groups excluding tert-OH is 2. The van der Waals surface area contributed by atoms with Gasteiger partial charge in [0.15, 0.2) is 5.82 Å². The summed E-state index contributed by atoms with van der Waals surface area (Å²) in [6, 6.07) is 3.54. The molecule has 4 atom stereocenters. The van der Waals surface area contributed by atoms with Crippen molar-refractivity contribution in [1.82, 2.24) is 14.9 Å². The largest absolute Gasteiger partial charge is 0.487 e. The van der Waals surface area contributed by atoms with Crippen molar-refractivity contribution < 1.29 is 28.1 Å². The van der Waals surface area contributed by atoms with Crippen LogP contribution in [0.5, 0.6) is 5.75 Å². The van der Waals surface area contributed by atoms with Crippen LogP contribution >= 0.6 is 0 Å². The number of nitrogens with zero attached hydrogens (tertiary/aromatic N) is 2. The monoisotopic (exact) mass is 462 g/mol. The SMILES string of the molecule is CC(F)(F)c1cc2c(c(OC3CC(n4cc(F)c5c(N)ccnc54)C(O)C3O)c1)CNCC2. The van der Waals surface area contributed by atoms with E-state index < -0.39 is 36.1 Å². The lowest BCUT2D eigenvalue weighted by Crippen LogP contribution is -2.35. The fourth-order valence-electron chi connectivity index (χ4n) is 4.85. The van der Waals surface area contributed by atoms with Crippen LogP contribution in [0, 0.1) is 5.82 Å². The van der Waals surface area contributed by atoms with E-state index >= 15 is 0 Å². The fraction of sp³-hybridized carbons (Fsp3) is 0.435. The number of nitrogen functional groups attached to an aromatic ring is 1. The molecular formula is C23H25F3N4O3. The van der Waals surface area contributed by atoms with Crippen molar-refractivity contribution in [2.24, 2.45) is 0 Å². The zero-order valence-corrected chi connectivity index (χ0v) is 17.9. The summed E-state index contributed by atoms with van der Waals surface area (Å²) in [4.78, 5) is 4.19. The van der Waals surface area contributed by atoms with Crippen LogP contribution in [0.25, 0.3) is 11.0 Å². The van der Waals surface area contributed by atoms with E-state index in [2.05, 4.69) is 10.3 Å². The number of hydrogen-bond donors (Lipinski definition) is 4. The van der Waals surface area contributed by atoms with E-state index in [1.54, 1.807) is 0 Å². The Morgan fingerprint density at radius 1 is 1.27 bits per heavy atom. The minimum Gasteiger partial charge on any atom is -0.487 e. The Bertz CT molecular complexity index is 1210. The molecule has 2 aliphatic rings. The first-order valence-electron chi connectivity index (χ1n) is 10.8. The summed E-state index contributed by atoms with van der Waals surface area (Å²) >= 11 is 0. The number of fused-ring (bicyclic) bond motifs is 2. The number of nitrogens with one attached hydrogen (secondary N) is 1. The van der Waals surface area contributed by atoms with Crippen molar-refractivity contribution in [3.63, 3.8) is 0 Å². The van der Waals surface area contributed by atoms with Crippen LogP contribution in [-0.4, -0.2) is 44.6 Å². The van der Waals surface area contributed by atoms with Gasteiger partial charge >= 0.3 is 0 Å². The molecule has 176 valence electrons. The van der Waals surface area contributed by atoms with Gasteiger partial charge in [-0.1, -0.05) is 0 Å². The molecule has 7 nitrogen and oxygen atoms in total. The molecule has 1 fully saturated rings. The number of aliphatic hydroxyl groups is 2. The standard InChI is InChI=1S/C23H25F3N4O3/c1-23(25,26)12-6-11-2-4-28-9-13(11)17(7-12)33-18-8-16(20(31)21(18)32)30-10-14(24)19-15(27)3-5-29-22(19)30/h3,5-7,10,16,18,20-21,28,31-32H,2,4,8-9H2,1H3,(H2,27,29). The van der Waals surface area contributed by atoms with Crippen LogP contribution in [-0.2, 0) is 18.9 Å². The van der Waals surface area contributed by atoms with Crippen molar-refractivity contribution in [1.29, 1.82) is 0 Å². The summed E-state index contributed by atoms with van der Waals surface area (Å²) in [5.41, 5.74) is 7.70. The summed E-state index contributed by atoms with van der Waals surface area (Å²) in [5.74, 6) is -3.39. The number of nitrogens with two attached hydrogens (primary N) is 1. The number of alkyl halides is 2. The Morgan fingerprint density at radius 3 is 2.82 bits per heavy atom. The lowest BCUT2D eigenvalue weighted by Gasteiger charge is -2.26. The van der Waals surface area contributed by atoms with E-state index in [0.717, 1.165) is 18.1 Å². The number of rotatable bonds is 4. The summed E-state index contributed by atoms with van der Waals surface area (Å²) in [5, 5.41) is 24.8. The fourth-order valence-corrected chi connectivity index (χ4v) is 4.85. The Labute approximate surface area is 188 Å². The zero-order chi connectivity index (χ0) is 23.5. The van der Waals surface area contributed by atoms with Crippen LogP contribution < -0.4 is 15.8 Å². The van der Waals surface area contributed by atoms with Crippen molar-refractivity contribution in [3.05, 3.63) is 53.1 Å². The highest BCUT2D eigenvalue weighted by Crippen LogP contribution is 2.40. The molecule has 0 spiro atoms. The Morgan fingerprint density at radius 2 is 2.06 bits per heavy atom. The highest BCUT2D eigenvalue weighted by atomic mass is 19.3. The van der Waals surface area contributed by atoms with Crippen LogP contribution in [0.1, 0.15) is 36.1 Å². The van der Waals surface area contributed by atoms with Gasteiger partial charge < -0.3 is 30.6 Å². The van der Waals surface area contributed by atoms with Gasteiger partial charge in [-0.15, -0.1) is 0 Å². The van der Waals surface area contributed by atoms with Crippen LogP contribution in [0.3, 0.4) is 0 Å². The first-order valence-corrected chi connectivity index (χ1v) is 10.8. The number of benzene rings is 1. The van der Waals surface area contributed by atoms with Crippen LogP contribution in [0.4, 0.5) is 18.9 Å². The lowest BCUT2D eigenvalue weighted by atomic mass is 9.95. The number of hydrogen-bond acceptors (Lipinski definition) is 6. The average Bonchev–Trinajstić information content (AvgIpc) is 3.25. The molecule has 1 aliphatic carbocycles. The molecule has 0 amide bonds. The van der Waals surface area contributed by atoms with Gasteiger partial charge in [0.05, 0.1) is 11.4 Å². The van der Waals surface area contributed by atoms with Gasteiger partial charge in [-0.25, -0.2) is 18.2 Å². The molecule has 1 aliphatic heterocycles. The molecular weight excluding hydrogens is 437 g/mol. The van der Waals surface area contributed by atoms with E-state index in [9.17, 15) is 23.4 Å². The first kappa shape index (κ1) is 22.0. The van der Waals surface area contributed by atoms with E-state index in [1.807, 2.05) is 0 Å². The molecule has 1 saturated carbocycles. The molecule has 5 N–H and O–H groups in total. The van der Waals surface area contributed by atoms with Crippen molar-refractivity contribution in [2.45, 2.75) is 56.6 Å². The van der Waals surface area contributed by atoms with E-state index in [-0.39, 0.29) is 34.5 Å². The summed E-state index contributed by atoms with van der Waals surface area (Å²) in [6.45, 7) is 1.94. The number of halogens is 3. The summed E-state index contributed by atoms with van der Waals surface area (Å²) in [6.07, 6.45) is -0.144. The molecule has 5 rings (SSSR count). The minimum atomic E-state index is -3.05. The van der Waals surface area contributed by atoms with Gasteiger partial charge in [0, 0.05) is 49.1 Å². The third-order valence-electron chi connectivity index (χ3n) is 6.61. The maximum atomic E-state index is 14.5. The van der Waals surface area contributed by atoms with Gasteiger partial charge in [0.1, 0.15) is 29.7 Å². The highest BCUT2D eigenvalue weighted by molar-refractivity contribution is 5.89. The number of pyridine rings is 1. The molecule has 0 saturated heterocycles. The third kappa shape index (κ3) is 3.71. The summed E-state index contributed by atoms with van der Waals surface area (Å²) < 4.78 is 50.3.